The monoisotopic (exact) mass is 466 g/mol. The van der Waals surface area contributed by atoms with Gasteiger partial charge in [0.25, 0.3) is 5.91 Å². The molecule has 0 radical (unpaired) electrons. The Morgan fingerprint density at radius 1 is 1.09 bits per heavy atom. The number of rotatable bonds is 7. The number of piperazine rings is 1. The summed E-state index contributed by atoms with van der Waals surface area (Å²) in [4.78, 5) is 17.5. The maximum atomic E-state index is 13.1. The maximum Gasteiger partial charge on any atom is 0.253 e. The number of carbonyl (C=O) groups excluding carboxylic acids is 1. The Hall–Kier alpha value is -2.83. The quantitative estimate of drug-likeness (QED) is 0.506. The van der Waals surface area contributed by atoms with Gasteiger partial charge in [0.05, 0.1) is 5.69 Å². The lowest BCUT2D eigenvalue weighted by molar-refractivity contribution is 0.0628. The average Bonchev–Trinajstić information content (AvgIpc) is 3.18. The van der Waals surface area contributed by atoms with Gasteiger partial charge in [0, 0.05) is 61.6 Å². The van der Waals surface area contributed by atoms with E-state index < -0.39 is 0 Å². The van der Waals surface area contributed by atoms with Gasteiger partial charge < -0.3 is 9.64 Å². The van der Waals surface area contributed by atoms with E-state index in [1.807, 2.05) is 59.0 Å². The van der Waals surface area contributed by atoms with Crippen LogP contribution in [0.1, 0.15) is 39.7 Å². The average molecular weight is 467 g/mol. The molecular weight excluding hydrogens is 436 g/mol. The number of hydrogen-bond acceptors (Lipinski definition) is 4. The zero-order valence-electron chi connectivity index (χ0n) is 19.6. The van der Waals surface area contributed by atoms with E-state index in [4.69, 9.17) is 16.3 Å². The highest BCUT2D eigenvalue weighted by atomic mass is 35.5. The zero-order valence-corrected chi connectivity index (χ0v) is 20.3. The molecule has 0 bridgehead atoms. The van der Waals surface area contributed by atoms with Gasteiger partial charge in [-0.1, -0.05) is 23.7 Å². The first-order chi connectivity index (χ1) is 15.9. The number of nitrogens with zero attached hydrogens (tertiary/aromatic N) is 4. The Kier molecular flexibility index (Phi) is 7.36. The summed E-state index contributed by atoms with van der Waals surface area (Å²) in [5, 5.41) is 5.23. The molecule has 0 atom stereocenters. The van der Waals surface area contributed by atoms with Gasteiger partial charge >= 0.3 is 0 Å². The van der Waals surface area contributed by atoms with Crippen LogP contribution in [0.2, 0.25) is 5.02 Å². The fourth-order valence-electron chi connectivity index (χ4n) is 4.14. The molecule has 0 aliphatic carbocycles. The Morgan fingerprint density at radius 3 is 2.58 bits per heavy atom. The smallest absolute Gasteiger partial charge is 0.253 e. The third kappa shape index (κ3) is 5.75. The zero-order chi connectivity index (χ0) is 23.4. The topological polar surface area (TPSA) is 50.6 Å². The molecule has 174 valence electrons. The second kappa shape index (κ2) is 10.4. The molecule has 6 nitrogen and oxygen atoms in total. The van der Waals surface area contributed by atoms with Gasteiger partial charge in [0.15, 0.2) is 0 Å². The van der Waals surface area contributed by atoms with Crippen LogP contribution in [-0.4, -0.2) is 51.7 Å². The number of aryl methyl sites for hydroxylation is 3. The molecule has 33 heavy (non-hydrogen) atoms. The number of carbonyl (C=O) groups is 1. The van der Waals surface area contributed by atoms with Crippen molar-refractivity contribution in [1.29, 1.82) is 0 Å². The highest BCUT2D eigenvalue weighted by Gasteiger charge is 2.23. The third-order valence-electron chi connectivity index (χ3n) is 6.13. The van der Waals surface area contributed by atoms with Gasteiger partial charge in [-0.15, -0.1) is 0 Å². The molecule has 3 aromatic rings. The van der Waals surface area contributed by atoms with Crippen LogP contribution in [0.4, 0.5) is 0 Å². The molecular formula is C26H31ClN4O2. The lowest BCUT2D eigenvalue weighted by atomic mass is 10.1. The summed E-state index contributed by atoms with van der Waals surface area (Å²) in [7, 11) is 0. The van der Waals surface area contributed by atoms with Gasteiger partial charge in [-0.05, 0) is 62.2 Å². The molecule has 0 unspecified atom stereocenters. The fraction of sp³-hybridized carbons (Fsp3) is 0.385. The summed E-state index contributed by atoms with van der Waals surface area (Å²) in [5.74, 6) is 0.876. The van der Waals surface area contributed by atoms with E-state index in [2.05, 4.69) is 30.0 Å². The van der Waals surface area contributed by atoms with E-state index in [1.54, 1.807) is 0 Å². The van der Waals surface area contributed by atoms with Crippen molar-refractivity contribution in [2.24, 2.45) is 0 Å². The lowest BCUT2D eigenvalue weighted by Crippen LogP contribution is -2.48. The number of benzene rings is 2. The predicted molar refractivity (Wildman–Crippen MR) is 131 cm³/mol. The highest BCUT2D eigenvalue weighted by molar-refractivity contribution is 6.30. The van der Waals surface area contributed by atoms with Crippen molar-refractivity contribution in [3.8, 4) is 5.75 Å². The number of aromatic nitrogens is 2. The van der Waals surface area contributed by atoms with Crippen molar-refractivity contribution >= 4 is 17.5 Å². The van der Waals surface area contributed by atoms with Crippen molar-refractivity contribution < 1.29 is 9.53 Å². The van der Waals surface area contributed by atoms with E-state index in [0.29, 0.717) is 17.2 Å². The Balaban J connectivity index is 1.32. The Labute approximate surface area is 200 Å². The molecule has 4 rings (SSSR count). The van der Waals surface area contributed by atoms with Gasteiger partial charge in [-0.25, -0.2) is 0 Å². The molecule has 1 saturated heterocycles. The first-order valence-corrected chi connectivity index (χ1v) is 11.8. The minimum atomic E-state index is 0.0779. The molecule has 2 aromatic carbocycles. The third-order valence-corrected chi connectivity index (χ3v) is 6.37. The molecule has 0 saturated carbocycles. The normalized spacial score (nSPS) is 14.5. The van der Waals surface area contributed by atoms with Crippen LogP contribution in [0.5, 0.6) is 5.75 Å². The van der Waals surface area contributed by atoms with Crippen LogP contribution in [0.15, 0.2) is 48.7 Å². The van der Waals surface area contributed by atoms with Crippen LogP contribution >= 0.6 is 11.6 Å². The summed E-state index contributed by atoms with van der Waals surface area (Å²) in [6.45, 7) is 11.5. The predicted octanol–water partition coefficient (Wildman–Crippen LogP) is 4.71. The van der Waals surface area contributed by atoms with Gasteiger partial charge in [0.1, 0.15) is 12.4 Å². The standard InChI is InChI=1S/C26H31ClN4O2/c1-4-31-17-23(20(3)28-31)16-29-10-12-30(13-11-29)26(32)22-7-5-6-21(15-22)18-33-25-9-8-24(27)14-19(25)2/h5-9,14-15,17H,4,10-13,16,18H2,1-3H3. The molecule has 7 heteroatoms. The largest absolute Gasteiger partial charge is 0.489 e. The van der Waals surface area contributed by atoms with E-state index in [1.165, 1.54) is 5.56 Å². The van der Waals surface area contributed by atoms with Crippen molar-refractivity contribution in [3.63, 3.8) is 0 Å². The second-order valence-electron chi connectivity index (χ2n) is 8.56. The van der Waals surface area contributed by atoms with Crippen LogP contribution in [0.3, 0.4) is 0 Å². The first kappa shape index (κ1) is 23.3. The first-order valence-electron chi connectivity index (χ1n) is 11.5. The molecule has 1 fully saturated rings. The van der Waals surface area contributed by atoms with E-state index >= 15 is 0 Å². The van der Waals surface area contributed by atoms with Crippen LogP contribution in [-0.2, 0) is 19.7 Å². The molecule has 1 aromatic heterocycles. The fourth-order valence-corrected chi connectivity index (χ4v) is 4.37. The van der Waals surface area contributed by atoms with E-state index in [9.17, 15) is 4.79 Å². The van der Waals surface area contributed by atoms with Crippen LogP contribution < -0.4 is 4.74 Å². The van der Waals surface area contributed by atoms with Crippen molar-refractivity contribution in [3.05, 3.63) is 81.6 Å². The van der Waals surface area contributed by atoms with Crippen LogP contribution in [0.25, 0.3) is 0 Å². The van der Waals surface area contributed by atoms with Crippen molar-refractivity contribution in [2.75, 3.05) is 26.2 Å². The molecule has 2 heterocycles. The van der Waals surface area contributed by atoms with E-state index in [-0.39, 0.29) is 5.91 Å². The van der Waals surface area contributed by atoms with Crippen molar-refractivity contribution in [2.45, 2.75) is 40.5 Å². The van der Waals surface area contributed by atoms with Crippen molar-refractivity contribution in [1.82, 2.24) is 19.6 Å². The molecule has 1 aliphatic rings. The Morgan fingerprint density at radius 2 is 1.88 bits per heavy atom. The SMILES string of the molecule is CCn1cc(CN2CCN(C(=O)c3cccc(COc4ccc(Cl)cc4C)c3)CC2)c(C)n1. The number of ether oxygens (including phenoxy) is 1. The van der Waals surface area contributed by atoms with Gasteiger partial charge in [-0.2, -0.15) is 5.10 Å². The highest BCUT2D eigenvalue weighted by Crippen LogP contribution is 2.23. The minimum absolute atomic E-state index is 0.0779. The van der Waals surface area contributed by atoms with Gasteiger partial charge in [0.2, 0.25) is 0 Å². The van der Waals surface area contributed by atoms with Crippen LogP contribution in [0, 0.1) is 13.8 Å². The molecule has 1 amide bonds. The summed E-state index contributed by atoms with van der Waals surface area (Å²) < 4.78 is 7.93. The molecule has 0 spiro atoms. The lowest BCUT2D eigenvalue weighted by Gasteiger charge is -2.34. The number of amides is 1. The van der Waals surface area contributed by atoms with Gasteiger partial charge in [-0.3, -0.25) is 14.4 Å². The minimum Gasteiger partial charge on any atom is -0.489 e. The Bertz CT molecular complexity index is 1120. The second-order valence-corrected chi connectivity index (χ2v) is 9.00. The summed E-state index contributed by atoms with van der Waals surface area (Å²) in [6.07, 6.45) is 2.13. The summed E-state index contributed by atoms with van der Waals surface area (Å²) >= 11 is 6.02. The molecule has 1 aliphatic heterocycles. The van der Waals surface area contributed by atoms with E-state index in [0.717, 1.165) is 61.8 Å². The summed E-state index contributed by atoms with van der Waals surface area (Å²) in [5.41, 5.74) is 5.02. The number of hydrogen-bond donors (Lipinski definition) is 0. The summed E-state index contributed by atoms with van der Waals surface area (Å²) in [6, 6.07) is 13.3. The molecule has 0 N–H and O–H groups in total. The number of halogens is 1. The maximum absolute atomic E-state index is 13.1.